The largest absolute Gasteiger partial charge is 0.450 e. The van der Waals surface area contributed by atoms with Gasteiger partial charge in [-0.1, -0.05) is 12.1 Å². The van der Waals surface area contributed by atoms with Crippen LogP contribution in [0.3, 0.4) is 0 Å². The van der Waals surface area contributed by atoms with Crippen LogP contribution in [0.2, 0.25) is 0 Å². The fourth-order valence-electron chi connectivity index (χ4n) is 1.33. The molecule has 0 aliphatic rings. The van der Waals surface area contributed by atoms with Gasteiger partial charge < -0.3 is 10.1 Å². The molecule has 0 aliphatic carbocycles. The first-order chi connectivity index (χ1) is 10.1. The maximum absolute atomic E-state index is 11.6. The zero-order valence-electron chi connectivity index (χ0n) is 11.2. The monoisotopic (exact) mass is 284 g/mol. The van der Waals surface area contributed by atoms with Crippen LogP contribution in [0.15, 0.2) is 36.0 Å². The molecule has 1 rings (SSSR count). The second kappa shape index (κ2) is 7.97. The van der Waals surface area contributed by atoms with Gasteiger partial charge in [-0.2, -0.15) is 10.5 Å². The third kappa shape index (κ3) is 4.69. The molecule has 2 N–H and O–H groups in total. The first kappa shape index (κ1) is 15.7. The number of anilines is 1. The van der Waals surface area contributed by atoms with Crippen LogP contribution < -0.4 is 10.6 Å². The van der Waals surface area contributed by atoms with Crippen molar-refractivity contribution in [1.29, 1.82) is 10.5 Å². The van der Waals surface area contributed by atoms with Crippen molar-refractivity contribution in [3.05, 3.63) is 41.6 Å². The van der Waals surface area contributed by atoms with Crippen LogP contribution in [0.4, 0.5) is 10.5 Å². The van der Waals surface area contributed by atoms with E-state index in [1.54, 1.807) is 37.3 Å². The van der Waals surface area contributed by atoms with E-state index < -0.39 is 12.0 Å². The van der Waals surface area contributed by atoms with Gasteiger partial charge in [0.05, 0.1) is 17.9 Å². The summed E-state index contributed by atoms with van der Waals surface area (Å²) in [5, 5.41) is 22.4. The molecule has 7 heteroatoms. The number of alkyl carbamates (subject to hydrolysis) is 1. The number of imide groups is 1. The minimum atomic E-state index is -0.930. The molecule has 0 atom stereocenters. The average molecular weight is 284 g/mol. The molecule has 0 spiro atoms. The summed E-state index contributed by atoms with van der Waals surface area (Å²) in [5.74, 6) is -0.891. The molecule has 0 saturated carbocycles. The predicted octanol–water partition coefficient (Wildman–Crippen LogP) is 1.65. The zero-order chi connectivity index (χ0) is 15.7. The lowest BCUT2D eigenvalue weighted by molar-refractivity contribution is -0.116. The van der Waals surface area contributed by atoms with Crippen molar-refractivity contribution in [3.63, 3.8) is 0 Å². The molecular weight excluding hydrogens is 272 g/mol. The molecule has 1 aromatic carbocycles. The highest BCUT2D eigenvalue weighted by molar-refractivity contribution is 6.05. The summed E-state index contributed by atoms with van der Waals surface area (Å²) in [6, 6.07) is 10.2. The number of rotatable bonds is 4. The van der Waals surface area contributed by atoms with Crippen molar-refractivity contribution >= 4 is 17.7 Å². The number of carbonyl (C=O) groups is 2. The number of para-hydroxylation sites is 1. The van der Waals surface area contributed by atoms with Crippen LogP contribution in [0, 0.1) is 22.7 Å². The maximum atomic E-state index is 11.6. The smallest absolute Gasteiger partial charge is 0.414 e. The number of nitrogens with zero attached hydrogens (tertiary/aromatic N) is 2. The highest BCUT2D eigenvalue weighted by atomic mass is 16.5. The van der Waals surface area contributed by atoms with E-state index in [0.717, 1.165) is 6.20 Å². The van der Waals surface area contributed by atoms with E-state index in [9.17, 15) is 9.59 Å². The van der Waals surface area contributed by atoms with Crippen molar-refractivity contribution in [2.75, 3.05) is 11.9 Å². The second-order valence-corrected chi connectivity index (χ2v) is 3.65. The highest BCUT2D eigenvalue weighted by Gasteiger charge is 2.13. The Morgan fingerprint density at radius 1 is 1.33 bits per heavy atom. The summed E-state index contributed by atoms with van der Waals surface area (Å²) >= 11 is 0. The molecule has 0 aliphatic heterocycles. The summed E-state index contributed by atoms with van der Waals surface area (Å²) in [5.41, 5.74) is 0.476. The highest BCUT2D eigenvalue weighted by Crippen LogP contribution is 2.13. The van der Waals surface area contributed by atoms with Gasteiger partial charge in [-0.25, -0.2) is 4.79 Å². The first-order valence-corrected chi connectivity index (χ1v) is 5.96. The first-order valence-electron chi connectivity index (χ1n) is 5.96. The van der Waals surface area contributed by atoms with Gasteiger partial charge >= 0.3 is 6.09 Å². The summed E-state index contributed by atoms with van der Waals surface area (Å²) in [4.78, 5) is 22.7. The van der Waals surface area contributed by atoms with Crippen molar-refractivity contribution < 1.29 is 14.3 Å². The molecule has 0 radical (unpaired) electrons. The van der Waals surface area contributed by atoms with Gasteiger partial charge in [-0.05, 0) is 19.1 Å². The summed E-state index contributed by atoms with van der Waals surface area (Å²) in [6.07, 6.45) is 0.186. The topological polar surface area (TPSA) is 115 Å². The molecule has 0 fully saturated rings. The van der Waals surface area contributed by atoms with E-state index >= 15 is 0 Å². The SMILES string of the molecule is CCOC(=O)NC(=O)C(C#N)=CNc1ccccc1C#N. The van der Waals surface area contributed by atoms with Gasteiger partial charge in [0.1, 0.15) is 17.7 Å². The molecule has 7 nitrogen and oxygen atoms in total. The third-order valence-electron chi connectivity index (χ3n) is 2.28. The van der Waals surface area contributed by atoms with E-state index in [-0.39, 0.29) is 12.2 Å². The fourth-order valence-corrected chi connectivity index (χ4v) is 1.33. The number of nitriles is 2. The minimum absolute atomic E-state index is 0.110. The molecular formula is C14H12N4O3. The Labute approximate surface area is 121 Å². The minimum Gasteiger partial charge on any atom is -0.450 e. The standard InChI is InChI=1S/C14H12N4O3/c1-2-21-14(20)18-13(19)11(8-16)9-17-12-6-4-3-5-10(12)7-15/h3-6,9,17H,2H2,1H3,(H,18,19,20). The molecule has 106 valence electrons. The Balaban J connectivity index is 2.81. The molecule has 0 saturated heterocycles. The third-order valence-corrected chi connectivity index (χ3v) is 2.28. The summed E-state index contributed by atoms with van der Waals surface area (Å²) in [7, 11) is 0. The Kier molecular flexibility index (Phi) is 5.97. The van der Waals surface area contributed by atoms with E-state index in [2.05, 4.69) is 10.1 Å². The normalized spacial score (nSPS) is 9.95. The number of benzene rings is 1. The lowest BCUT2D eigenvalue weighted by Crippen LogP contribution is -2.32. The summed E-state index contributed by atoms with van der Waals surface area (Å²) < 4.78 is 4.54. The quantitative estimate of drug-likeness (QED) is 0.641. The van der Waals surface area contributed by atoms with Crippen LogP contribution in [-0.2, 0) is 9.53 Å². The molecule has 1 aromatic rings. The van der Waals surface area contributed by atoms with Crippen LogP contribution in [-0.4, -0.2) is 18.6 Å². The Morgan fingerprint density at radius 2 is 2.05 bits per heavy atom. The zero-order valence-corrected chi connectivity index (χ0v) is 11.2. The van der Waals surface area contributed by atoms with Crippen LogP contribution in [0.1, 0.15) is 12.5 Å². The Morgan fingerprint density at radius 3 is 2.67 bits per heavy atom. The van der Waals surface area contributed by atoms with E-state index in [0.29, 0.717) is 11.3 Å². The van der Waals surface area contributed by atoms with Gasteiger partial charge in [0, 0.05) is 6.20 Å². The Hall–Kier alpha value is -3.32. The number of ether oxygens (including phenoxy) is 1. The molecule has 0 unspecified atom stereocenters. The molecule has 2 amide bonds. The van der Waals surface area contributed by atoms with Gasteiger partial charge in [0.25, 0.3) is 5.91 Å². The average Bonchev–Trinajstić information content (AvgIpc) is 2.48. The maximum Gasteiger partial charge on any atom is 0.414 e. The molecule has 0 aromatic heterocycles. The van der Waals surface area contributed by atoms with Crippen LogP contribution in [0.25, 0.3) is 0 Å². The number of carbonyl (C=O) groups excluding carboxylic acids is 2. The predicted molar refractivity (Wildman–Crippen MR) is 73.6 cm³/mol. The molecule has 21 heavy (non-hydrogen) atoms. The Bertz CT molecular complexity index is 653. The summed E-state index contributed by atoms with van der Waals surface area (Å²) in [6.45, 7) is 1.70. The van der Waals surface area contributed by atoms with Crippen molar-refractivity contribution in [1.82, 2.24) is 5.32 Å². The fraction of sp³-hybridized carbons (Fsp3) is 0.143. The van der Waals surface area contributed by atoms with E-state index in [1.165, 1.54) is 0 Å². The second-order valence-electron chi connectivity index (χ2n) is 3.65. The van der Waals surface area contributed by atoms with Gasteiger partial charge in [0.15, 0.2) is 0 Å². The van der Waals surface area contributed by atoms with E-state index in [1.807, 2.05) is 11.4 Å². The number of hydrogen-bond acceptors (Lipinski definition) is 6. The molecule has 0 heterocycles. The van der Waals surface area contributed by atoms with Crippen molar-refractivity contribution in [2.45, 2.75) is 6.92 Å². The van der Waals surface area contributed by atoms with E-state index in [4.69, 9.17) is 10.5 Å². The van der Waals surface area contributed by atoms with Crippen LogP contribution >= 0.6 is 0 Å². The number of amides is 2. The van der Waals surface area contributed by atoms with Crippen molar-refractivity contribution in [2.24, 2.45) is 0 Å². The van der Waals surface area contributed by atoms with Gasteiger partial charge in [-0.15, -0.1) is 0 Å². The lowest BCUT2D eigenvalue weighted by atomic mass is 10.2. The lowest BCUT2D eigenvalue weighted by Gasteiger charge is -2.05. The van der Waals surface area contributed by atoms with Crippen LogP contribution in [0.5, 0.6) is 0 Å². The van der Waals surface area contributed by atoms with Crippen molar-refractivity contribution in [3.8, 4) is 12.1 Å². The van der Waals surface area contributed by atoms with Gasteiger partial charge in [-0.3, -0.25) is 10.1 Å². The van der Waals surface area contributed by atoms with Gasteiger partial charge in [0.2, 0.25) is 0 Å². The molecule has 0 bridgehead atoms. The number of hydrogen-bond donors (Lipinski definition) is 2. The number of nitrogens with one attached hydrogen (secondary N) is 2.